The van der Waals surface area contributed by atoms with Crippen LogP contribution in [0.5, 0.6) is 0 Å². The van der Waals surface area contributed by atoms with Gasteiger partial charge in [0.2, 0.25) is 0 Å². The fourth-order valence-corrected chi connectivity index (χ4v) is 3.00. The van der Waals surface area contributed by atoms with Gasteiger partial charge in [0, 0.05) is 11.9 Å². The second-order valence-corrected chi connectivity index (χ2v) is 5.87. The topological polar surface area (TPSA) is 33.0 Å². The van der Waals surface area contributed by atoms with Crippen molar-refractivity contribution in [3.05, 3.63) is 0 Å². The molecule has 0 aromatic carbocycles. The smallest absolute Gasteiger partial charge is 0.0684 e. The van der Waals surface area contributed by atoms with E-state index in [0.29, 0.717) is 11.4 Å². The van der Waals surface area contributed by atoms with E-state index in [4.69, 9.17) is 10.00 Å². The molecule has 0 aromatic rings. The van der Waals surface area contributed by atoms with E-state index >= 15 is 0 Å². The third-order valence-electron chi connectivity index (χ3n) is 2.67. The average molecular weight is 213 g/mol. The second kappa shape index (κ2) is 5.04. The van der Waals surface area contributed by atoms with Crippen LogP contribution >= 0.6 is 11.8 Å². The first kappa shape index (κ1) is 11.9. The van der Waals surface area contributed by atoms with E-state index in [0.717, 1.165) is 18.8 Å². The summed E-state index contributed by atoms with van der Waals surface area (Å²) in [5.41, 5.74) is -0.171. The number of thioether (sulfide) groups is 1. The molecule has 0 aliphatic carbocycles. The summed E-state index contributed by atoms with van der Waals surface area (Å²) in [7, 11) is 0. The van der Waals surface area contributed by atoms with Crippen molar-refractivity contribution in [1.29, 1.82) is 5.26 Å². The van der Waals surface area contributed by atoms with Crippen molar-refractivity contribution in [3.8, 4) is 6.07 Å². The minimum absolute atomic E-state index is 0.171. The van der Waals surface area contributed by atoms with Crippen LogP contribution in [-0.2, 0) is 4.74 Å². The molecular formula is C11H19NOS. The number of rotatable bonds is 4. The maximum Gasteiger partial charge on any atom is 0.0684 e. The molecule has 0 aromatic heterocycles. The minimum atomic E-state index is -0.171. The van der Waals surface area contributed by atoms with Crippen LogP contribution in [0.4, 0.5) is 0 Å². The number of hydrogen-bond donors (Lipinski definition) is 0. The van der Waals surface area contributed by atoms with Crippen molar-refractivity contribution in [2.75, 3.05) is 12.4 Å². The van der Waals surface area contributed by atoms with Gasteiger partial charge in [0.25, 0.3) is 0 Å². The lowest BCUT2D eigenvalue weighted by molar-refractivity contribution is 0.127. The molecule has 0 radical (unpaired) electrons. The summed E-state index contributed by atoms with van der Waals surface area (Å²) in [6.45, 7) is 7.05. The lowest BCUT2D eigenvalue weighted by Gasteiger charge is -2.17. The van der Waals surface area contributed by atoms with Crippen molar-refractivity contribution in [2.45, 2.75) is 45.0 Å². The first-order chi connectivity index (χ1) is 6.55. The van der Waals surface area contributed by atoms with Gasteiger partial charge in [-0.1, -0.05) is 0 Å². The first-order valence-corrected chi connectivity index (χ1v) is 6.24. The van der Waals surface area contributed by atoms with E-state index in [1.165, 1.54) is 6.42 Å². The number of hydrogen-bond acceptors (Lipinski definition) is 3. The first-order valence-electron chi connectivity index (χ1n) is 5.19. The molecule has 0 spiro atoms. The molecule has 3 heteroatoms. The maximum absolute atomic E-state index is 8.85. The Bertz CT molecular complexity index is 222. The highest BCUT2D eigenvalue weighted by atomic mass is 32.2. The molecule has 2 unspecified atom stereocenters. The summed E-state index contributed by atoms with van der Waals surface area (Å²) < 4.78 is 5.49. The molecule has 0 N–H and O–H groups in total. The van der Waals surface area contributed by atoms with Crippen LogP contribution in [-0.4, -0.2) is 23.7 Å². The SMILES string of the molecule is CC1OCCC1SCCC(C)(C)C#N. The van der Waals surface area contributed by atoms with Gasteiger partial charge in [-0.05, 0) is 39.4 Å². The van der Waals surface area contributed by atoms with Gasteiger partial charge in [0.1, 0.15) is 0 Å². The molecule has 14 heavy (non-hydrogen) atoms. The van der Waals surface area contributed by atoms with Crippen molar-refractivity contribution >= 4 is 11.8 Å². The highest BCUT2D eigenvalue weighted by Gasteiger charge is 2.25. The second-order valence-electron chi connectivity index (χ2n) is 4.52. The molecule has 1 heterocycles. The fourth-order valence-electron chi connectivity index (χ4n) is 1.45. The molecule has 2 atom stereocenters. The summed E-state index contributed by atoms with van der Waals surface area (Å²) in [6, 6.07) is 2.33. The standard InChI is InChI=1S/C11H19NOS/c1-9-10(4-6-13-9)14-7-5-11(2,3)8-12/h9-10H,4-7H2,1-3H3. The third kappa shape index (κ3) is 3.51. The van der Waals surface area contributed by atoms with Crippen LogP contribution in [0.15, 0.2) is 0 Å². The Morgan fingerprint density at radius 1 is 1.57 bits per heavy atom. The number of nitrogens with zero attached hydrogens (tertiary/aromatic N) is 1. The predicted molar refractivity (Wildman–Crippen MR) is 60.3 cm³/mol. The monoisotopic (exact) mass is 213 g/mol. The van der Waals surface area contributed by atoms with Gasteiger partial charge >= 0.3 is 0 Å². The molecule has 80 valence electrons. The molecule has 2 nitrogen and oxygen atoms in total. The lowest BCUT2D eigenvalue weighted by Crippen LogP contribution is -2.16. The van der Waals surface area contributed by atoms with Gasteiger partial charge < -0.3 is 4.74 Å². The van der Waals surface area contributed by atoms with Gasteiger partial charge in [0.05, 0.1) is 17.6 Å². The average Bonchev–Trinajstić information content (AvgIpc) is 2.52. The zero-order valence-corrected chi connectivity index (χ0v) is 10.1. The normalized spacial score (nSPS) is 27.6. The molecule has 1 aliphatic heterocycles. The van der Waals surface area contributed by atoms with Gasteiger partial charge in [0.15, 0.2) is 0 Å². The van der Waals surface area contributed by atoms with Crippen molar-refractivity contribution < 1.29 is 4.74 Å². The summed E-state index contributed by atoms with van der Waals surface area (Å²) in [5.74, 6) is 1.07. The largest absolute Gasteiger partial charge is 0.377 e. The van der Waals surface area contributed by atoms with E-state index in [2.05, 4.69) is 13.0 Å². The van der Waals surface area contributed by atoms with Crippen molar-refractivity contribution in [3.63, 3.8) is 0 Å². The van der Waals surface area contributed by atoms with Crippen molar-refractivity contribution in [2.24, 2.45) is 5.41 Å². The van der Waals surface area contributed by atoms with Crippen LogP contribution in [0.2, 0.25) is 0 Å². The molecule has 1 saturated heterocycles. The summed E-state index contributed by atoms with van der Waals surface area (Å²) in [4.78, 5) is 0. The third-order valence-corrected chi connectivity index (χ3v) is 4.16. The van der Waals surface area contributed by atoms with E-state index < -0.39 is 0 Å². The fraction of sp³-hybridized carbons (Fsp3) is 0.909. The zero-order valence-electron chi connectivity index (χ0n) is 9.25. The Hall–Kier alpha value is -0.200. The lowest BCUT2D eigenvalue weighted by atomic mass is 9.93. The quantitative estimate of drug-likeness (QED) is 0.720. The van der Waals surface area contributed by atoms with Gasteiger partial charge in [-0.2, -0.15) is 17.0 Å². The predicted octanol–water partition coefficient (Wildman–Crippen LogP) is 2.84. The molecule has 1 aliphatic rings. The van der Waals surface area contributed by atoms with Crippen LogP contribution < -0.4 is 0 Å². The van der Waals surface area contributed by atoms with Gasteiger partial charge in [-0.25, -0.2) is 0 Å². The van der Waals surface area contributed by atoms with Crippen LogP contribution in [0.3, 0.4) is 0 Å². The summed E-state index contributed by atoms with van der Waals surface area (Å²) in [6.07, 6.45) is 2.53. The van der Waals surface area contributed by atoms with E-state index in [1.54, 1.807) is 0 Å². The molecule has 0 saturated carbocycles. The molecule has 1 rings (SSSR count). The van der Waals surface area contributed by atoms with Crippen LogP contribution in [0.25, 0.3) is 0 Å². The Kier molecular flexibility index (Phi) is 4.28. The maximum atomic E-state index is 8.85. The minimum Gasteiger partial charge on any atom is -0.377 e. The Morgan fingerprint density at radius 2 is 2.29 bits per heavy atom. The van der Waals surface area contributed by atoms with E-state index in [9.17, 15) is 0 Å². The Morgan fingerprint density at radius 3 is 2.79 bits per heavy atom. The summed E-state index contributed by atoms with van der Waals surface area (Å²) >= 11 is 1.96. The van der Waals surface area contributed by atoms with Crippen LogP contribution in [0, 0.1) is 16.7 Å². The highest BCUT2D eigenvalue weighted by Crippen LogP contribution is 2.29. The zero-order chi connectivity index (χ0) is 10.6. The number of nitriles is 1. The van der Waals surface area contributed by atoms with E-state index in [1.807, 2.05) is 25.6 Å². The van der Waals surface area contributed by atoms with Gasteiger partial charge in [-0.3, -0.25) is 0 Å². The number of ether oxygens (including phenoxy) is 1. The molecular weight excluding hydrogens is 194 g/mol. The molecule has 1 fully saturated rings. The summed E-state index contributed by atoms with van der Waals surface area (Å²) in [5, 5.41) is 9.50. The van der Waals surface area contributed by atoms with E-state index in [-0.39, 0.29) is 5.41 Å². The Labute approximate surface area is 91.0 Å². The van der Waals surface area contributed by atoms with Crippen molar-refractivity contribution in [1.82, 2.24) is 0 Å². The highest BCUT2D eigenvalue weighted by molar-refractivity contribution is 7.99. The molecule has 0 bridgehead atoms. The Balaban J connectivity index is 2.19. The molecule has 0 amide bonds. The van der Waals surface area contributed by atoms with Gasteiger partial charge in [-0.15, -0.1) is 0 Å². The van der Waals surface area contributed by atoms with Crippen LogP contribution in [0.1, 0.15) is 33.6 Å².